The Balaban J connectivity index is 0.000000204. The van der Waals surface area contributed by atoms with Crippen LogP contribution in [0.5, 0.6) is 0 Å². The highest BCUT2D eigenvalue weighted by molar-refractivity contribution is 4.85. The largest absolute Gasteiger partial charge is 0.306 e. The predicted molar refractivity (Wildman–Crippen MR) is 123 cm³/mol. The molecule has 1 nitrogen and oxygen atoms in total. The van der Waals surface area contributed by atoms with Crippen molar-refractivity contribution in [3.63, 3.8) is 0 Å². The molecule has 2 aliphatic carbocycles. The lowest BCUT2D eigenvalue weighted by Crippen LogP contribution is -2.49. The van der Waals surface area contributed by atoms with Gasteiger partial charge in [-0.2, -0.15) is 0 Å². The molecule has 0 bridgehead atoms. The van der Waals surface area contributed by atoms with Crippen LogP contribution in [0, 0.1) is 34.0 Å². The first-order valence-corrected chi connectivity index (χ1v) is 11.9. The van der Waals surface area contributed by atoms with Crippen LogP contribution in [0.3, 0.4) is 0 Å². The average Bonchev–Trinajstić information content (AvgIpc) is 2.41. The summed E-state index contributed by atoms with van der Waals surface area (Å²) < 4.78 is 0. The van der Waals surface area contributed by atoms with Crippen molar-refractivity contribution in [1.29, 1.82) is 0 Å². The van der Waals surface area contributed by atoms with Gasteiger partial charge in [-0.05, 0) is 66.7 Å². The van der Waals surface area contributed by atoms with E-state index in [1.165, 1.54) is 64.5 Å². The maximum atomic E-state index is 2.38. The van der Waals surface area contributed by atoms with Crippen LogP contribution in [0.15, 0.2) is 0 Å². The summed E-state index contributed by atoms with van der Waals surface area (Å²) in [7, 11) is 2.18. The minimum Gasteiger partial charge on any atom is -0.306 e. The van der Waals surface area contributed by atoms with E-state index in [0.717, 1.165) is 17.8 Å². The second-order valence-corrected chi connectivity index (χ2v) is 13.0. The highest BCUT2D eigenvalue weighted by atomic mass is 15.2. The number of hydrogen-bond acceptors (Lipinski definition) is 1. The topological polar surface area (TPSA) is 3.24 Å². The molecule has 0 aromatic carbocycles. The smallest absolute Gasteiger partial charge is 0.00240 e. The van der Waals surface area contributed by atoms with E-state index >= 15 is 0 Å². The molecule has 1 heteroatoms. The van der Waals surface area contributed by atoms with Crippen LogP contribution in [0.25, 0.3) is 0 Å². The van der Waals surface area contributed by atoms with Gasteiger partial charge in [0.15, 0.2) is 0 Å². The number of rotatable bonds is 0. The molecule has 0 unspecified atom stereocenters. The molecule has 0 aromatic rings. The van der Waals surface area contributed by atoms with Crippen molar-refractivity contribution in [3.05, 3.63) is 0 Å². The van der Waals surface area contributed by atoms with Gasteiger partial charge in [0, 0.05) is 13.1 Å². The SMILES string of the molecule is CC(C)(C)C1CCC1.CC(C)(C)C1CCCCC1.CN1CC(C(C)(C)C)C1. The highest BCUT2D eigenvalue weighted by Gasteiger charge is 2.33. The van der Waals surface area contributed by atoms with Gasteiger partial charge < -0.3 is 4.90 Å². The van der Waals surface area contributed by atoms with Crippen molar-refractivity contribution in [1.82, 2.24) is 4.90 Å². The van der Waals surface area contributed by atoms with Crippen LogP contribution in [0.2, 0.25) is 0 Å². The fourth-order valence-electron chi connectivity index (χ4n) is 4.49. The molecule has 1 heterocycles. The molecule has 27 heavy (non-hydrogen) atoms. The van der Waals surface area contributed by atoms with E-state index in [1.54, 1.807) is 0 Å². The Labute approximate surface area is 173 Å². The molecule has 0 N–H and O–H groups in total. The van der Waals surface area contributed by atoms with Crippen LogP contribution in [0.1, 0.15) is 114 Å². The molecule has 1 aliphatic heterocycles. The molecule has 0 spiro atoms. The fourth-order valence-corrected chi connectivity index (χ4v) is 4.49. The molecule has 0 radical (unpaired) electrons. The van der Waals surface area contributed by atoms with Crippen LogP contribution in [0.4, 0.5) is 0 Å². The van der Waals surface area contributed by atoms with Crippen molar-refractivity contribution in [3.8, 4) is 0 Å². The molecule has 3 aliphatic rings. The zero-order chi connectivity index (χ0) is 20.9. The van der Waals surface area contributed by atoms with Crippen LogP contribution in [-0.4, -0.2) is 25.0 Å². The van der Waals surface area contributed by atoms with E-state index in [-0.39, 0.29) is 0 Å². The maximum absolute atomic E-state index is 2.38. The summed E-state index contributed by atoms with van der Waals surface area (Å²) in [6.45, 7) is 23.7. The normalized spacial score (nSPS) is 23.3. The van der Waals surface area contributed by atoms with Crippen LogP contribution < -0.4 is 0 Å². The fraction of sp³-hybridized carbons (Fsp3) is 1.00. The highest BCUT2D eigenvalue weighted by Crippen LogP contribution is 2.41. The summed E-state index contributed by atoms with van der Waals surface area (Å²) in [5, 5.41) is 0. The summed E-state index contributed by atoms with van der Waals surface area (Å²) in [4.78, 5) is 2.37. The van der Waals surface area contributed by atoms with E-state index in [2.05, 4.69) is 74.3 Å². The third kappa shape index (κ3) is 9.33. The molecule has 0 amide bonds. The van der Waals surface area contributed by atoms with Crippen molar-refractivity contribution in [2.45, 2.75) is 114 Å². The predicted octanol–water partition coefficient (Wildman–Crippen LogP) is 8.04. The summed E-state index contributed by atoms with van der Waals surface area (Å²) in [6, 6.07) is 0. The van der Waals surface area contributed by atoms with E-state index in [0.29, 0.717) is 16.2 Å². The van der Waals surface area contributed by atoms with Crippen molar-refractivity contribution < 1.29 is 0 Å². The number of hydrogen-bond donors (Lipinski definition) is 0. The Kier molecular flexibility index (Phi) is 9.38. The molecule has 0 aromatic heterocycles. The zero-order valence-electron chi connectivity index (χ0n) is 20.8. The van der Waals surface area contributed by atoms with Gasteiger partial charge >= 0.3 is 0 Å². The Hall–Kier alpha value is -0.0400. The van der Waals surface area contributed by atoms with E-state index < -0.39 is 0 Å². The molecule has 162 valence electrons. The van der Waals surface area contributed by atoms with E-state index in [1.807, 2.05) is 0 Å². The summed E-state index contributed by atoms with van der Waals surface area (Å²) in [5.41, 5.74) is 1.70. The lowest BCUT2D eigenvalue weighted by Gasteiger charge is -2.44. The van der Waals surface area contributed by atoms with Gasteiger partial charge in [-0.3, -0.25) is 0 Å². The second-order valence-electron chi connectivity index (χ2n) is 13.0. The van der Waals surface area contributed by atoms with Crippen LogP contribution in [-0.2, 0) is 0 Å². The first-order chi connectivity index (χ1) is 12.2. The third-order valence-corrected chi connectivity index (χ3v) is 7.45. The maximum Gasteiger partial charge on any atom is 0.00240 e. The molecule has 3 fully saturated rings. The molecular formula is C26H53N. The quantitative estimate of drug-likeness (QED) is 0.411. The van der Waals surface area contributed by atoms with Crippen molar-refractivity contribution in [2.75, 3.05) is 20.1 Å². The standard InChI is InChI=1S/C10H20.C8H17N.C8H16/c1-10(2,3)9-7-5-4-6-8-9;1-8(2,3)7-5-9(4)6-7;1-8(2,3)7-5-4-6-7/h9H,4-8H2,1-3H3;7H,5-6H2,1-4H3;7H,4-6H2,1-3H3. The second kappa shape index (κ2) is 10.1. The Morgan fingerprint density at radius 1 is 0.481 bits per heavy atom. The Morgan fingerprint density at radius 3 is 0.963 bits per heavy atom. The monoisotopic (exact) mass is 379 g/mol. The molecule has 2 saturated carbocycles. The first-order valence-electron chi connectivity index (χ1n) is 11.9. The molecule has 1 saturated heterocycles. The van der Waals surface area contributed by atoms with Crippen molar-refractivity contribution in [2.24, 2.45) is 34.0 Å². The van der Waals surface area contributed by atoms with Crippen molar-refractivity contribution >= 4 is 0 Å². The summed E-state index contributed by atoms with van der Waals surface area (Å²) in [5.74, 6) is 2.96. The number of likely N-dealkylation sites (tertiary alicyclic amines) is 1. The summed E-state index contributed by atoms with van der Waals surface area (Å²) in [6.07, 6.45) is 11.8. The minimum absolute atomic E-state index is 0.534. The Morgan fingerprint density at radius 2 is 0.815 bits per heavy atom. The summed E-state index contributed by atoms with van der Waals surface area (Å²) >= 11 is 0. The molecule has 3 rings (SSSR count). The lowest BCUT2D eigenvalue weighted by molar-refractivity contribution is 0.0459. The zero-order valence-corrected chi connectivity index (χ0v) is 20.8. The van der Waals surface area contributed by atoms with Crippen LogP contribution >= 0.6 is 0 Å². The lowest BCUT2D eigenvalue weighted by atomic mass is 9.69. The van der Waals surface area contributed by atoms with Gasteiger partial charge in [0.2, 0.25) is 0 Å². The van der Waals surface area contributed by atoms with Gasteiger partial charge in [-0.25, -0.2) is 0 Å². The minimum atomic E-state index is 0.534. The first kappa shape index (κ1) is 25.0. The van der Waals surface area contributed by atoms with Gasteiger partial charge in [0.05, 0.1) is 0 Å². The van der Waals surface area contributed by atoms with Gasteiger partial charge in [-0.15, -0.1) is 0 Å². The number of nitrogens with zero attached hydrogens (tertiary/aromatic N) is 1. The van der Waals surface area contributed by atoms with Gasteiger partial charge in [-0.1, -0.05) is 88.0 Å². The molecular weight excluding hydrogens is 326 g/mol. The molecule has 0 atom stereocenters. The third-order valence-electron chi connectivity index (χ3n) is 7.45. The average molecular weight is 380 g/mol. The van der Waals surface area contributed by atoms with Gasteiger partial charge in [0.25, 0.3) is 0 Å². The van der Waals surface area contributed by atoms with E-state index in [4.69, 9.17) is 0 Å². The Bertz CT molecular complexity index is 387. The van der Waals surface area contributed by atoms with E-state index in [9.17, 15) is 0 Å². The van der Waals surface area contributed by atoms with Gasteiger partial charge in [0.1, 0.15) is 0 Å².